The molecule has 1 aliphatic heterocycles. The summed E-state index contributed by atoms with van der Waals surface area (Å²) in [6.07, 6.45) is -2.28. The number of nitrogens with zero attached hydrogens (tertiary/aromatic N) is 1. The predicted molar refractivity (Wildman–Crippen MR) is 61.6 cm³/mol. The first kappa shape index (κ1) is 12.5. The van der Waals surface area contributed by atoms with E-state index in [2.05, 4.69) is 0 Å². The van der Waals surface area contributed by atoms with Crippen molar-refractivity contribution in [2.75, 3.05) is 18.9 Å². The number of pyridine rings is 1. The summed E-state index contributed by atoms with van der Waals surface area (Å²) in [5.41, 5.74) is 3.68. The van der Waals surface area contributed by atoms with Crippen molar-refractivity contribution in [3.05, 3.63) is 28.2 Å². The zero-order valence-corrected chi connectivity index (χ0v) is 10.0. The standard InChI is InChI=1S/C12H13F3N2O2/c13-12(14,15)7-1-9(16)10(18)17(4-7)8-2-11(3-8)5-19-6-11/h1,4,8H,2-3,5-6,16H2. The number of aromatic nitrogens is 1. The zero-order chi connectivity index (χ0) is 13.8. The highest BCUT2D eigenvalue weighted by Crippen LogP contribution is 2.52. The fraction of sp³-hybridized carbons (Fsp3) is 0.583. The topological polar surface area (TPSA) is 57.2 Å². The van der Waals surface area contributed by atoms with Crippen molar-refractivity contribution in [1.29, 1.82) is 0 Å². The summed E-state index contributed by atoms with van der Waals surface area (Å²) in [6, 6.07) is 0.487. The van der Waals surface area contributed by atoms with Gasteiger partial charge in [-0.2, -0.15) is 13.2 Å². The second-order valence-corrected chi connectivity index (χ2v) is 5.45. The summed E-state index contributed by atoms with van der Waals surface area (Å²) < 4.78 is 44.3. The van der Waals surface area contributed by atoms with E-state index in [4.69, 9.17) is 10.5 Å². The van der Waals surface area contributed by atoms with Gasteiger partial charge in [-0.05, 0) is 18.9 Å². The number of anilines is 1. The lowest BCUT2D eigenvalue weighted by molar-refractivity contribution is -0.175. The van der Waals surface area contributed by atoms with Gasteiger partial charge in [0.15, 0.2) is 0 Å². The molecule has 1 spiro atoms. The van der Waals surface area contributed by atoms with E-state index in [1.807, 2.05) is 0 Å². The lowest BCUT2D eigenvalue weighted by Gasteiger charge is -2.53. The molecule has 2 fully saturated rings. The Bertz CT molecular complexity index is 567. The molecule has 2 N–H and O–H groups in total. The number of hydrogen-bond donors (Lipinski definition) is 1. The first-order valence-electron chi connectivity index (χ1n) is 5.97. The van der Waals surface area contributed by atoms with Crippen LogP contribution >= 0.6 is 0 Å². The van der Waals surface area contributed by atoms with Crippen LogP contribution in [-0.4, -0.2) is 17.8 Å². The van der Waals surface area contributed by atoms with Gasteiger partial charge in [-0.3, -0.25) is 4.79 Å². The smallest absolute Gasteiger partial charge is 0.394 e. The van der Waals surface area contributed by atoms with Crippen LogP contribution < -0.4 is 11.3 Å². The molecule has 104 valence electrons. The maximum atomic E-state index is 12.7. The van der Waals surface area contributed by atoms with Crippen LogP contribution in [0.4, 0.5) is 18.9 Å². The van der Waals surface area contributed by atoms with Crippen LogP contribution in [0.15, 0.2) is 17.1 Å². The third kappa shape index (κ3) is 1.92. The summed E-state index contributed by atoms with van der Waals surface area (Å²) in [4.78, 5) is 11.8. The Labute approximate surface area is 107 Å². The van der Waals surface area contributed by atoms with Gasteiger partial charge in [0.2, 0.25) is 0 Å². The normalized spacial score (nSPS) is 22.1. The number of nitrogens with two attached hydrogens (primary N) is 1. The van der Waals surface area contributed by atoms with Gasteiger partial charge in [-0.25, -0.2) is 0 Å². The van der Waals surface area contributed by atoms with Crippen LogP contribution in [0.1, 0.15) is 24.4 Å². The molecule has 0 unspecified atom stereocenters. The molecule has 1 aromatic rings. The summed E-state index contributed by atoms with van der Waals surface area (Å²) >= 11 is 0. The molecule has 7 heteroatoms. The Kier molecular flexibility index (Phi) is 2.47. The van der Waals surface area contributed by atoms with Crippen LogP contribution in [0, 0.1) is 5.41 Å². The Morgan fingerprint density at radius 2 is 2.00 bits per heavy atom. The van der Waals surface area contributed by atoms with Crippen molar-refractivity contribution < 1.29 is 17.9 Å². The molecular formula is C12H13F3N2O2. The lowest BCUT2D eigenvalue weighted by Crippen LogP contribution is -2.53. The minimum Gasteiger partial charge on any atom is -0.394 e. The molecule has 0 amide bonds. The molecule has 0 radical (unpaired) electrons. The lowest BCUT2D eigenvalue weighted by atomic mass is 9.64. The molecule has 0 bridgehead atoms. The number of hydrogen-bond acceptors (Lipinski definition) is 3. The molecule has 0 atom stereocenters. The van der Waals surface area contributed by atoms with Crippen molar-refractivity contribution in [3.63, 3.8) is 0 Å². The molecule has 1 saturated carbocycles. The average Bonchev–Trinajstić information content (AvgIpc) is 2.18. The number of alkyl halides is 3. The summed E-state index contributed by atoms with van der Waals surface area (Å²) in [5.74, 6) is 0. The van der Waals surface area contributed by atoms with Crippen LogP contribution in [0.2, 0.25) is 0 Å². The zero-order valence-electron chi connectivity index (χ0n) is 10.0. The first-order valence-corrected chi connectivity index (χ1v) is 5.97. The number of nitrogen functional groups attached to an aromatic ring is 1. The number of halogens is 3. The largest absolute Gasteiger partial charge is 0.417 e. The molecule has 2 heterocycles. The van der Waals surface area contributed by atoms with Crippen molar-refractivity contribution in [3.8, 4) is 0 Å². The van der Waals surface area contributed by atoms with Crippen molar-refractivity contribution >= 4 is 5.69 Å². The highest BCUT2D eigenvalue weighted by Gasteiger charge is 2.51. The van der Waals surface area contributed by atoms with Crippen LogP contribution in [0.25, 0.3) is 0 Å². The maximum absolute atomic E-state index is 12.7. The third-order valence-corrected chi connectivity index (χ3v) is 3.95. The van der Waals surface area contributed by atoms with Crippen molar-refractivity contribution in [2.45, 2.75) is 25.1 Å². The van der Waals surface area contributed by atoms with Crippen molar-refractivity contribution in [1.82, 2.24) is 4.57 Å². The van der Waals surface area contributed by atoms with Gasteiger partial charge in [-0.1, -0.05) is 0 Å². The minimum absolute atomic E-state index is 0.0765. The van der Waals surface area contributed by atoms with Crippen LogP contribution in [-0.2, 0) is 10.9 Å². The fourth-order valence-corrected chi connectivity index (χ4v) is 2.81. The van der Waals surface area contributed by atoms with E-state index in [1.165, 1.54) is 0 Å². The molecule has 0 aromatic carbocycles. The molecule has 1 saturated heterocycles. The summed E-state index contributed by atoms with van der Waals surface area (Å²) in [5, 5.41) is 0. The van der Waals surface area contributed by atoms with Gasteiger partial charge in [-0.15, -0.1) is 0 Å². The number of rotatable bonds is 1. The Morgan fingerprint density at radius 1 is 1.37 bits per heavy atom. The molecule has 1 aromatic heterocycles. The summed E-state index contributed by atoms with van der Waals surface area (Å²) in [6.45, 7) is 1.26. The van der Waals surface area contributed by atoms with Crippen molar-refractivity contribution in [2.24, 2.45) is 5.41 Å². The van der Waals surface area contributed by atoms with Gasteiger partial charge in [0.25, 0.3) is 5.56 Å². The quantitative estimate of drug-likeness (QED) is 0.849. The SMILES string of the molecule is Nc1cc(C(F)(F)F)cn(C2CC3(COC3)C2)c1=O. The highest BCUT2D eigenvalue weighted by molar-refractivity contribution is 5.39. The van der Waals surface area contributed by atoms with Gasteiger partial charge in [0.1, 0.15) is 0 Å². The van der Waals surface area contributed by atoms with E-state index in [1.54, 1.807) is 0 Å². The average molecular weight is 274 g/mol. The Morgan fingerprint density at radius 3 is 2.47 bits per heavy atom. The number of ether oxygens (including phenoxy) is 1. The summed E-state index contributed by atoms with van der Waals surface area (Å²) in [7, 11) is 0. The Balaban J connectivity index is 1.93. The molecule has 3 rings (SSSR count). The Hall–Kier alpha value is -1.50. The van der Waals surface area contributed by atoms with Gasteiger partial charge >= 0.3 is 6.18 Å². The molecule has 19 heavy (non-hydrogen) atoms. The first-order chi connectivity index (χ1) is 8.81. The van der Waals surface area contributed by atoms with Gasteiger partial charge in [0, 0.05) is 17.7 Å². The van der Waals surface area contributed by atoms with Crippen LogP contribution in [0.3, 0.4) is 0 Å². The minimum atomic E-state index is -4.50. The van der Waals surface area contributed by atoms with Gasteiger partial charge in [0.05, 0.1) is 24.5 Å². The van der Waals surface area contributed by atoms with Gasteiger partial charge < -0.3 is 15.0 Å². The van der Waals surface area contributed by atoms with Crippen LogP contribution in [0.5, 0.6) is 0 Å². The molecule has 1 aliphatic carbocycles. The fourth-order valence-electron chi connectivity index (χ4n) is 2.81. The third-order valence-electron chi connectivity index (χ3n) is 3.95. The monoisotopic (exact) mass is 274 g/mol. The second-order valence-electron chi connectivity index (χ2n) is 5.45. The maximum Gasteiger partial charge on any atom is 0.417 e. The predicted octanol–water partition coefficient (Wildman–Crippen LogP) is 1.80. The van der Waals surface area contributed by atoms with E-state index in [9.17, 15) is 18.0 Å². The highest BCUT2D eigenvalue weighted by atomic mass is 19.4. The van der Waals surface area contributed by atoms with E-state index in [-0.39, 0.29) is 17.1 Å². The van der Waals surface area contributed by atoms with E-state index in [0.29, 0.717) is 32.1 Å². The van der Waals surface area contributed by atoms with E-state index < -0.39 is 17.3 Å². The van der Waals surface area contributed by atoms with E-state index >= 15 is 0 Å². The second kappa shape index (κ2) is 3.75. The molecule has 2 aliphatic rings. The van der Waals surface area contributed by atoms with E-state index in [0.717, 1.165) is 10.8 Å². The molecule has 4 nitrogen and oxygen atoms in total. The molecular weight excluding hydrogens is 261 g/mol.